The standard InChI is InChI=1S/C39H35P/c1-30-18-10-13-25-35(30)36-26-14-17-29-39(36)40(33-21-6-4-7-22-33,34-23-8-5-9-24-34,37-27-15-11-19-31(37)2)38-28-16-12-20-32(38)3/h4-29H,1-3H3. The van der Waals surface area contributed by atoms with Crippen LogP contribution in [-0.2, 0) is 0 Å². The zero-order valence-corrected chi connectivity index (χ0v) is 24.4. The Labute approximate surface area is 238 Å². The Kier molecular flexibility index (Phi) is 6.75. The van der Waals surface area contributed by atoms with Crippen molar-refractivity contribution in [2.45, 2.75) is 20.8 Å². The van der Waals surface area contributed by atoms with Crippen LogP contribution in [0.3, 0.4) is 0 Å². The first kappa shape index (κ1) is 26.0. The molecule has 6 aromatic rings. The van der Waals surface area contributed by atoms with Crippen molar-refractivity contribution in [3.05, 3.63) is 174 Å². The van der Waals surface area contributed by atoms with Crippen molar-refractivity contribution in [3.8, 4) is 11.1 Å². The van der Waals surface area contributed by atoms with Crippen molar-refractivity contribution < 1.29 is 0 Å². The van der Waals surface area contributed by atoms with Crippen LogP contribution in [0.1, 0.15) is 16.7 Å². The van der Waals surface area contributed by atoms with E-state index in [2.05, 4.69) is 178 Å². The van der Waals surface area contributed by atoms with Gasteiger partial charge in [0.05, 0.1) is 0 Å². The molecule has 0 N–H and O–H groups in total. The van der Waals surface area contributed by atoms with Gasteiger partial charge in [0.1, 0.15) is 0 Å². The fourth-order valence-electron chi connectivity index (χ4n) is 6.92. The van der Waals surface area contributed by atoms with Crippen LogP contribution in [0.25, 0.3) is 11.1 Å². The molecule has 0 bridgehead atoms. The number of hydrogen-bond donors (Lipinski definition) is 0. The molecular weight excluding hydrogens is 499 g/mol. The first-order valence-corrected chi connectivity index (χ1v) is 16.2. The number of rotatable bonds is 6. The second-order valence-electron chi connectivity index (χ2n) is 10.7. The molecule has 0 amide bonds. The molecule has 0 heterocycles. The maximum absolute atomic E-state index is 3.62. The van der Waals surface area contributed by atoms with Gasteiger partial charge in [0.2, 0.25) is 0 Å². The number of hydrogen-bond acceptors (Lipinski definition) is 0. The zero-order valence-electron chi connectivity index (χ0n) is 23.5. The van der Waals surface area contributed by atoms with Crippen molar-refractivity contribution >= 4 is 33.1 Å². The Hall–Kier alpha value is -4.25. The molecule has 40 heavy (non-hydrogen) atoms. The molecule has 0 radical (unpaired) electrons. The van der Waals surface area contributed by atoms with Crippen LogP contribution in [0.2, 0.25) is 0 Å². The van der Waals surface area contributed by atoms with Gasteiger partial charge in [0.25, 0.3) is 0 Å². The average molecular weight is 535 g/mol. The number of benzene rings is 6. The van der Waals surface area contributed by atoms with Crippen LogP contribution in [0.15, 0.2) is 158 Å². The molecule has 0 aromatic heterocycles. The van der Waals surface area contributed by atoms with Gasteiger partial charge in [-0.3, -0.25) is 0 Å². The van der Waals surface area contributed by atoms with Gasteiger partial charge in [-0.25, -0.2) is 0 Å². The first-order valence-electron chi connectivity index (χ1n) is 14.0. The Morgan fingerprint density at radius 2 is 0.650 bits per heavy atom. The summed E-state index contributed by atoms with van der Waals surface area (Å²) in [5.41, 5.74) is 6.45. The van der Waals surface area contributed by atoms with Crippen molar-refractivity contribution in [1.82, 2.24) is 0 Å². The van der Waals surface area contributed by atoms with Crippen LogP contribution >= 0.6 is 6.60 Å². The molecule has 1 heteroatoms. The van der Waals surface area contributed by atoms with E-state index in [0.717, 1.165) is 0 Å². The predicted octanol–water partition coefficient (Wildman–Crippen LogP) is 7.76. The molecule has 6 aromatic carbocycles. The summed E-state index contributed by atoms with van der Waals surface area (Å²) < 4.78 is 0. The van der Waals surface area contributed by atoms with E-state index in [1.807, 2.05) is 0 Å². The Morgan fingerprint density at radius 3 is 1.10 bits per heavy atom. The second-order valence-corrected chi connectivity index (χ2v) is 15.4. The van der Waals surface area contributed by atoms with E-state index in [9.17, 15) is 0 Å². The van der Waals surface area contributed by atoms with Gasteiger partial charge in [-0.05, 0) is 0 Å². The minimum atomic E-state index is -3.62. The second kappa shape index (κ2) is 10.4. The Morgan fingerprint density at radius 1 is 0.300 bits per heavy atom. The normalized spacial score (nSPS) is 12.4. The van der Waals surface area contributed by atoms with Crippen LogP contribution in [-0.4, -0.2) is 0 Å². The van der Waals surface area contributed by atoms with Gasteiger partial charge >= 0.3 is 239 Å². The van der Waals surface area contributed by atoms with E-state index in [1.165, 1.54) is 54.3 Å². The van der Waals surface area contributed by atoms with Gasteiger partial charge < -0.3 is 0 Å². The molecule has 0 saturated carbocycles. The Balaban J connectivity index is 2.02. The third kappa shape index (κ3) is 3.64. The van der Waals surface area contributed by atoms with Gasteiger partial charge in [0.15, 0.2) is 0 Å². The maximum atomic E-state index is 2.42. The van der Waals surface area contributed by atoms with Gasteiger partial charge in [-0.15, -0.1) is 0 Å². The third-order valence-electron chi connectivity index (χ3n) is 8.56. The van der Waals surface area contributed by atoms with E-state index in [4.69, 9.17) is 0 Å². The molecule has 0 unspecified atom stereocenters. The molecule has 6 rings (SSSR count). The molecule has 0 saturated heterocycles. The van der Waals surface area contributed by atoms with E-state index < -0.39 is 6.60 Å². The minimum absolute atomic E-state index is 1.28. The summed E-state index contributed by atoms with van der Waals surface area (Å²) in [6.45, 7) is 3.19. The SMILES string of the molecule is Cc1ccccc1-c1ccccc1P(c1ccccc1)(c1ccccc1)(c1ccccc1C)c1ccccc1C. The van der Waals surface area contributed by atoms with Crippen LogP contribution in [0, 0.1) is 20.8 Å². The molecule has 0 aliphatic rings. The van der Waals surface area contributed by atoms with Crippen molar-refractivity contribution in [2.24, 2.45) is 0 Å². The van der Waals surface area contributed by atoms with Crippen molar-refractivity contribution in [2.75, 3.05) is 0 Å². The fraction of sp³-hybridized carbons (Fsp3) is 0.0769. The van der Waals surface area contributed by atoms with Gasteiger partial charge in [-0.1, -0.05) is 0 Å². The topological polar surface area (TPSA) is 0 Å². The van der Waals surface area contributed by atoms with E-state index in [-0.39, 0.29) is 0 Å². The molecule has 0 aliphatic heterocycles. The average Bonchev–Trinajstić information content (AvgIpc) is 3.01. The third-order valence-corrected chi connectivity index (χ3v) is 15.5. The summed E-state index contributed by atoms with van der Waals surface area (Å²) in [5, 5.41) is 6.86. The fourth-order valence-corrected chi connectivity index (χ4v) is 14.6. The summed E-state index contributed by atoms with van der Waals surface area (Å²) >= 11 is 0. The van der Waals surface area contributed by atoms with Gasteiger partial charge in [-0.2, -0.15) is 0 Å². The molecule has 196 valence electrons. The van der Waals surface area contributed by atoms with Crippen molar-refractivity contribution in [3.63, 3.8) is 0 Å². The number of aryl methyl sites for hydroxylation is 3. The summed E-state index contributed by atoms with van der Waals surface area (Å²) in [7, 11) is 0. The zero-order chi connectivity index (χ0) is 27.6. The van der Waals surface area contributed by atoms with Crippen molar-refractivity contribution in [1.29, 1.82) is 0 Å². The van der Waals surface area contributed by atoms with E-state index in [1.54, 1.807) is 0 Å². The van der Waals surface area contributed by atoms with E-state index in [0.29, 0.717) is 0 Å². The molecule has 0 fully saturated rings. The first-order chi connectivity index (χ1) is 19.6. The van der Waals surface area contributed by atoms with Gasteiger partial charge in [0, 0.05) is 0 Å². The Bertz CT molecular complexity index is 1690. The molecule has 0 spiro atoms. The van der Waals surface area contributed by atoms with Crippen LogP contribution < -0.4 is 26.5 Å². The summed E-state index contributed by atoms with van der Waals surface area (Å²) in [6, 6.07) is 58.8. The summed E-state index contributed by atoms with van der Waals surface area (Å²) in [4.78, 5) is 0. The predicted molar refractivity (Wildman–Crippen MR) is 177 cm³/mol. The monoisotopic (exact) mass is 534 g/mol. The summed E-state index contributed by atoms with van der Waals surface area (Å²) in [5.74, 6) is 0. The molecule has 0 atom stereocenters. The van der Waals surface area contributed by atoms with Crippen LogP contribution in [0.5, 0.6) is 0 Å². The summed E-state index contributed by atoms with van der Waals surface area (Å²) in [6.07, 6.45) is 0. The molecular formula is C39H35P. The molecule has 0 aliphatic carbocycles. The van der Waals surface area contributed by atoms with Crippen LogP contribution in [0.4, 0.5) is 0 Å². The quantitative estimate of drug-likeness (QED) is 0.192. The molecule has 0 nitrogen and oxygen atoms in total. The van der Waals surface area contributed by atoms with E-state index >= 15 is 0 Å².